The van der Waals surface area contributed by atoms with Gasteiger partial charge in [0.1, 0.15) is 0 Å². The molecular weight excluding hydrogens is 73.9 g/mol. The van der Waals surface area contributed by atoms with Gasteiger partial charge in [-0.2, -0.15) is 0 Å². The van der Waals surface area contributed by atoms with Crippen LogP contribution < -0.4 is 0 Å². The second kappa shape index (κ2) is 19.5. The summed E-state index contributed by atoms with van der Waals surface area (Å²) in [5.41, 5.74) is 0. The maximum absolute atomic E-state index is 7.57. The van der Waals surface area contributed by atoms with Crippen molar-refractivity contribution in [1.82, 2.24) is 0 Å². The average Bonchev–Trinajstić information content (AvgIpc) is 0.918. The van der Waals surface area contributed by atoms with Crippen LogP contribution in [0.3, 0.4) is 0 Å². The molecule has 0 bridgehead atoms. The number of hydrogen-bond donors (Lipinski definition) is 1. The molecule has 1 N–H and O–H groups in total. The van der Waals surface area contributed by atoms with E-state index < -0.39 is 0 Å². The van der Waals surface area contributed by atoms with Gasteiger partial charge in [-0.15, -0.1) is 0 Å². The molecule has 5 heavy (non-hydrogen) atoms. The Morgan fingerprint density at radius 2 is 1.80 bits per heavy atom. The molecular formula is C2H12AlLiO. The standard InChI is InChI=1S/C2H6O.Al.Li.H2.4H/c1-2-3;;;;;;;/h3H,2H2,1H3;;;1H;;;;. The van der Waals surface area contributed by atoms with E-state index >= 15 is 0 Å². The predicted octanol–water partition coefficient (Wildman–Crippen LogP) is -1.59. The van der Waals surface area contributed by atoms with Gasteiger partial charge in [-0.25, -0.2) is 0 Å². The Hall–Kier alpha value is 1.09. The second-order valence-corrected chi connectivity index (χ2v) is 0.316. The van der Waals surface area contributed by atoms with E-state index in [1.54, 1.807) is 6.92 Å². The first-order valence-corrected chi connectivity index (χ1v) is 1.02. The molecule has 0 radical (unpaired) electrons. The van der Waals surface area contributed by atoms with Gasteiger partial charge in [-0.05, 0) is 6.92 Å². The molecule has 1 nitrogen and oxygen atoms in total. The summed E-state index contributed by atoms with van der Waals surface area (Å²) in [5.74, 6) is 0. The van der Waals surface area contributed by atoms with Crippen molar-refractivity contribution in [3.63, 3.8) is 0 Å². The molecule has 0 rings (SSSR count). The summed E-state index contributed by atoms with van der Waals surface area (Å²) < 4.78 is 0. The zero-order valence-electron chi connectivity index (χ0n) is 2.15. The van der Waals surface area contributed by atoms with Crippen LogP contribution in [-0.2, 0) is 0 Å². The molecule has 0 aliphatic rings. The predicted molar refractivity (Wildman–Crippen MR) is 32.0 cm³/mol. The van der Waals surface area contributed by atoms with Gasteiger partial charge in [0.2, 0.25) is 0 Å². The monoisotopic (exact) mass is 86.1 g/mol. The van der Waals surface area contributed by atoms with Crippen LogP contribution in [-0.4, -0.2) is 47.9 Å². The van der Waals surface area contributed by atoms with E-state index in [4.69, 9.17) is 5.11 Å². The van der Waals surface area contributed by atoms with Crippen LogP contribution in [0.4, 0.5) is 0 Å². The Morgan fingerprint density at radius 1 is 1.80 bits per heavy atom. The first-order valence-electron chi connectivity index (χ1n) is 1.02. The van der Waals surface area contributed by atoms with Gasteiger partial charge in [0.15, 0.2) is 17.4 Å². The summed E-state index contributed by atoms with van der Waals surface area (Å²) in [6, 6.07) is 0. The normalized spacial score (nSPS) is 3.60. The van der Waals surface area contributed by atoms with Crippen molar-refractivity contribution in [2.75, 3.05) is 6.61 Å². The quantitative estimate of drug-likeness (QED) is 0.352. The van der Waals surface area contributed by atoms with Crippen LogP contribution in [0.1, 0.15) is 8.35 Å². The zero-order valence-corrected chi connectivity index (χ0v) is 2.15. The molecule has 0 aromatic rings. The van der Waals surface area contributed by atoms with Gasteiger partial charge < -0.3 is 5.11 Å². The van der Waals surface area contributed by atoms with E-state index in [9.17, 15) is 0 Å². The van der Waals surface area contributed by atoms with Gasteiger partial charge in [0.25, 0.3) is 0 Å². The molecule has 3 heteroatoms. The van der Waals surface area contributed by atoms with Crippen molar-refractivity contribution in [3.05, 3.63) is 0 Å². The van der Waals surface area contributed by atoms with Crippen LogP contribution in [0.25, 0.3) is 0 Å². The molecule has 0 saturated carbocycles. The SMILES string of the molecule is CCO.[AlH3].[HH].[LiH]. The van der Waals surface area contributed by atoms with Gasteiger partial charge in [-0.1, -0.05) is 0 Å². The summed E-state index contributed by atoms with van der Waals surface area (Å²) >= 11 is 0. The van der Waals surface area contributed by atoms with E-state index in [2.05, 4.69) is 0 Å². The van der Waals surface area contributed by atoms with Crippen molar-refractivity contribution in [1.29, 1.82) is 0 Å². The van der Waals surface area contributed by atoms with Crippen LogP contribution in [0.2, 0.25) is 0 Å². The molecule has 0 atom stereocenters. The maximum atomic E-state index is 7.57. The van der Waals surface area contributed by atoms with Gasteiger partial charge in [-0.3, -0.25) is 0 Å². The average molecular weight is 86.0 g/mol. The first-order chi connectivity index (χ1) is 1.41. The Kier molecular flexibility index (Phi) is 64.4. The van der Waals surface area contributed by atoms with Gasteiger partial charge >= 0.3 is 18.9 Å². The number of hydrogen-bond acceptors (Lipinski definition) is 1. The van der Waals surface area contributed by atoms with Crippen molar-refractivity contribution in [2.24, 2.45) is 0 Å². The third-order valence-corrected chi connectivity index (χ3v) is 0. The third-order valence-electron chi connectivity index (χ3n) is 0. The molecule has 0 aromatic heterocycles. The van der Waals surface area contributed by atoms with Gasteiger partial charge in [0, 0.05) is 8.03 Å². The Labute approximate surface area is 56.6 Å². The van der Waals surface area contributed by atoms with E-state index in [0.29, 0.717) is 0 Å². The van der Waals surface area contributed by atoms with Crippen molar-refractivity contribution in [2.45, 2.75) is 6.92 Å². The molecule has 0 heterocycles. The number of rotatable bonds is 0. The molecule has 0 amide bonds. The minimum absolute atomic E-state index is 0. The summed E-state index contributed by atoms with van der Waals surface area (Å²) in [6.45, 7) is 1.93. The van der Waals surface area contributed by atoms with E-state index in [1.165, 1.54) is 0 Å². The van der Waals surface area contributed by atoms with Crippen molar-refractivity contribution in [3.8, 4) is 0 Å². The molecule has 0 unspecified atom stereocenters. The Balaban J connectivity index is -0.00000000667. The fraction of sp³-hybridized carbons (Fsp3) is 1.00. The zero-order chi connectivity index (χ0) is 2.71. The second-order valence-electron chi connectivity index (χ2n) is 0.316. The molecule has 30 valence electrons. The van der Waals surface area contributed by atoms with E-state index in [0.717, 1.165) is 0 Å². The van der Waals surface area contributed by atoms with Crippen molar-refractivity contribution >= 4 is 36.2 Å². The summed E-state index contributed by atoms with van der Waals surface area (Å²) in [6.07, 6.45) is 0. The van der Waals surface area contributed by atoms with Crippen LogP contribution in [0, 0.1) is 0 Å². The molecule has 0 spiro atoms. The first kappa shape index (κ1) is 16.5. The minimum atomic E-state index is 0. The summed E-state index contributed by atoms with van der Waals surface area (Å²) in [4.78, 5) is 0. The summed E-state index contributed by atoms with van der Waals surface area (Å²) in [7, 11) is 0. The number of aliphatic hydroxyl groups is 1. The van der Waals surface area contributed by atoms with Crippen LogP contribution >= 0.6 is 0 Å². The topological polar surface area (TPSA) is 20.2 Å². The Morgan fingerprint density at radius 3 is 1.80 bits per heavy atom. The summed E-state index contributed by atoms with van der Waals surface area (Å²) in [5, 5.41) is 7.57. The van der Waals surface area contributed by atoms with E-state index in [-0.39, 0.29) is 44.3 Å². The molecule has 0 aromatic carbocycles. The molecule has 0 fully saturated rings. The van der Waals surface area contributed by atoms with Crippen LogP contribution in [0.5, 0.6) is 0 Å². The fourth-order valence-corrected chi connectivity index (χ4v) is 0. The van der Waals surface area contributed by atoms with Crippen molar-refractivity contribution < 1.29 is 6.53 Å². The molecule has 0 aliphatic carbocycles. The van der Waals surface area contributed by atoms with E-state index in [1.807, 2.05) is 0 Å². The molecule has 0 saturated heterocycles. The fourth-order valence-electron chi connectivity index (χ4n) is 0. The van der Waals surface area contributed by atoms with Gasteiger partial charge in [0.05, 0.1) is 0 Å². The Bertz CT molecular complexity index is 13.5. The number of aliphatic hydroxyl groups excluding tert-OH is 1. The third kappa shape index (κ3) is 40.9. The van der Waals surface area contributed by atoms with Crippen LogP contribution in [0.15, 0.2) is 0 Å². The molecule has 0 aliphatic heterocycles.